The molecular weight excluding hydrogens is 364 g/mol. The molecule has 0 saturated heterocycles. The van der Waals surface area contributed by atoms with Gasteiger partial charge in [-0.3, -0.25) is 14.9 Å². The zero-order valence-corrected chi connectivity index (χ0v) is 15.9. The Kier molecular flexibility index (Phi) is 6.70. The van der Waals surface area contributed by atoms with Crippen molar-refractivity contribution in [2.24, 2.45) is 5.92 Å². The third kappa shape index (κ3) is 5.29. The number of nitro groups is 1. The number of aromatic carboxylic acids is 1. The molecule has 0 spiro atoms. The van der Waals surface area contributed by atoms with E-state index in [1.54, 1.807) is 14.2 Å². The number of carboxylic acid groups (broad SMARTS) is 1. The molecule has 8 heteroatoms. The van der Waals surface area contributed by atoms with E-state index in [4.69, 9.17) is 9.84 Å². The van der Waals surface area contributed by atoms with E-state index in [-0.39, 0.29) is 17.0 Å². The molecule has 0 bridgehead atoms. The summed E-state index contributed by atoms with van der Waals surface area (Å²) in [7, 11) is 3.19. The van der Waals surface area contributed by atoms with Crippen molar-refractivity contribution in [3.8, 4) is 5.75 Å². The number of methoxy groups -OCH3 is 1. The van der Waals surface area contributed by atoms with Crippen LogP contribution >= 0.6 is 0 Å². The Morgan fingerprint density at radius 2 is 1.79 bits per heavy atom. The molecule has 0 fully saturated rings. The Balaban J connectivity index is 2.10. The number of carbonyl (C=O) groups excluding carboxylic acids is 1. The molecule has 0 aliphatic rings. The van der Waals surface area contributed by atoms with Crippen LogP contribution in [0, 0.1) is 16.0 Å². The lowest BCUT2D eigenvalue weighted by Gasteiger charge is -2.22. The maximum atomic E-state index is 12.7. The summed E-state index contributed by atoms with van der Waals surface area (Å²) in [5.41, 5.74) is 0.351. The van der Waals surface area contributed by atoms with Crippen LogP contribution in [0.4, 0.5) is 5.69 Å². The van der Waals surface area contributed by atoms with Crippen molar-refractivity contribution >= 4 is 17.6 Å². The number of non-ortho nitro benzene ring substituents is 1. The molecule has 1 N–H and O–H groups in total. The summed E-state index contributed by atoms with van der Waals surface area (Å²) in [6.07, 6.45) is 0.733. The molecule has 0 radical (unpaired) electrons. The number of ether oxygens (including phenoxy) is 1. The molecular formula is C20H22N2O6. The number of nitrogens with zero attached hydrogens (tertiary/aromatic N) is 2. The van der Waals surface area contributed by atoms with Gasteiger partial charge in [-0.05, 0) is 36.1 Å². The first-order valence-electron chi connectivity index (χ1n) is 8.62. The zero-order chi connectivity index (χ0) is 20.8. The lowest BCUT2D eigenvalue weighted by Crippen LogP contribution is -2.31. The highest BCUT2D eigenvalue weighted by Gasteiger charge is 2.21. The molecule has 0 aliphatic heterocycles. The van der Waals surface area contributed by atoms with Crippen molar-refractivity contribution in [2.45, 2.75) is 13.3 Å². The van der Waals surface area contributed by atoms with E-state index in [1.807, 2.05) is 31.2 Å². The maximum absolute atomic E-state index is 12.7. The molecule has 2 rings (SSSR count). The van der Waals surface area contributed by atoms with Crippen molar-refractivity contribution in [3.05, 3.63) is 69.3 Å². The predicted octanol–water partition coefficient (Wildman–Crippen LogP) is 3.25. The van der Waals surface area contributed by atoms with Crippen molar-refractivity contribution in [1.29, 1.82) is 0 Å². The van der Waals surface area contributed by atoms with Gasteiger partial charge in [-0.2, -0.15) is 0 Å². The first-order chi connectivity index (χ1) is 13.2. The highest BCUT2D eigenvalue weighted by atomic mass is 16.6. The van der Waals surface area contributed by atoms with Gasteiger partial charge < -0.3 is 14.7 Å². The minimum absolute atomic E-state index is 0.0225. The van der Waals surface area contributed by atoms with Crippen molar-refractivity contribution in [3.63, 3.8) is 0 Å². The van der Waals surface area contributed by atoms with Crippen LogP contribution in [0.25, 0.3) is 0 Å². The molecule has 0 saturated carbocycles. The van der Waals surface area contributed by atoms with Gasteiger partial charge in [0.05, 0.1) is 17.6 Å². The van der Waals surface area contributed by atoms with Crippen LogP contribution in [0.15, 0.2) is 42.5 Å². The summed E-state index contributed by atoms with van der Waals surface area (Å²) in [4.78, 5) is 35.6. The standard InChI is InChI=1S/C20H22N2O6/c1-13(8-14-4-6-18(28-3)7-5-14)12-21(2)19(23)15-9-16(20(24)25)11-17(10-15)22(26)27/h4-7,9-11,13H,8,12H2,1-3H3,(H,24,25). The first-order valence-corrected chi connectivity index (χ1v) is 8.62. The van der Waals surface area contributed by atoms with Crippen LogP contribution in [-0.2, 0) is 6.42 Å². The normalized spacial score (nSPS) is 11.5. The molecule has 0 aromatic heterocycles. The second kappa shape index (κ2) is 8.98. The summed E-state index contributed by atoms with van der Waals surface area (Å²) in [6, 6.07) is 10.8. The van der Waals surface area contributed by atoms with E-state index in [2.05, 4.69) is 0 Å². The van der Waals surface area contributed by atoms with E-state index in [0.717, 1.165) is 35.9 Å². The van der Waals surface area contributed by atoms with Crippen LogP contribution in [-0.4, -0.2) is 47.5 Å². The molecule has 1 atom stereocenters. The molecule has 2 aromatic carbocycles. The van der Waals surface area contributed by atoms with E-state index in [1.165, 1.54) is 4.90 Å². The highest BCUT2D eigenvalue weighted by molar-refractivity contribution is 5.98. The van der Waals surface area contributed by atoms with Crippen LogP contribution in [0.5, 0.6) is 5.75 Å². The van der Waals surface area contributed by atoms with Crippen LogP contribution in [0.2, 0.25) is 0 Å². The van der Waals surface area contributed by atoms with Gasteiger partial charge in [-0.25, -0.2) is 4.79 Å². The third-order valence-corrected chi connectivity index (χ3v) is 4.30. The number of hydrogen-bond donors (Lipinski definition) is 1. The molecule has 0 heterocycles. The fourth-order valence-electron chi connectivity index (χ4n) is 2.96. The van der Waals surface area contributed by atoms with Gasteiger partial charge in [0, 0.05) is 31.3 Å². The van der Waals surface area contributed by atoms with Gasteiger partial charge >= 0.3 is 5.97 Å². The zero-order valence-electron chi connectivity index (χ0n) is 15.9. The minimum atomic E-state index is -1.33. The van der Waals surface area contributed by atoms with Crippen LogP contribution in [0.1, 0.15) is 33.2 Å². The average Bonchev–Trinajstić information content (AvgIpc) is 2.67. The van der Waals surface area contributed by atoms with E-state index in [0.29, 0.717) is 6.54 Å². The van der Waals surface area contributed by atoms with Crippen molar-refractivity contribution in [2.75, 3.05) is 20.7 Å². The van der Waals surface area contributed by atoms with E-state index >= 15 is 0 Å². The second-order valence-electron chi connectivity index (χ2n) is 6.67. The number of carbonyl (C=O) groups is 2. The van der Waals surface area contributed by atoms with Crippen molar-refractivity contribution < 1.29 is 24.4 Å². The molecule has 8 nitrogen and oxygen atoms in total. The van der Waals surface area contributed by atoms with Crippen molar-refractivity contribution in [1.82, 2.24) is 4.90 Å². The quantitative estimate of drug-likeness (QED) is 0.551. The predicted molar refractivity (Wildman–Crippen MR) is 103 cm³/mol. The molecule has 28 heavy (non-hydrogen) atoms. The summed E-state index contributed by atoms with van der Waals surface area (Å²) >= 11 is 0. The smallest absolute Gasteiger partial charge is 0.335 e. The Bertz CT molecular complexity index is 847. The number of nitro benzene ring substituents is 1. The molecule has 2 aromatic rings. The summed E-state index contributed by atoms with van der Waals surface area (Å²) in [5, 5.41) is 20.2. The minimum Gasteiger partial charge on any atom is -0.497 e. The molecule has 148 valence electrons. The number of benzene rings is 2. The summed E-state index contributed by atoms with van der Waals surface area (Å²) in [6.45, 7) is 2.40. The van der Waals surface area contributed by atoms with Gasteiger partial charge in [0.1, 0.15) is 5.75 Å². The van der Waals surface area contributed by atoms with Crippen LogP contribution in [0.3, 0.4) is 0 Å². The van der Waals surface area contributed by atoms with Gasteiger partial charge in [-0.15, -0.1) is 0 Å². The topological polar surface area (TPSA) is 110 Å². The largest absolute Gasteiger partial charge is 0.497 e. The Morgan fingerprint density at radius 3 is 2.32 bits per heavy atom. The number of rotatable bonds is 8. The van der Waals surface area contributed by atoms with E-state index < -0.39 is 22.5 Å². The lowest BCUT2D eigenvalue weighted by atomic mass is 10.00. The SMILES string of the molecule is COc1ccc(CC(C)CN(C)C(=O)c2cc(C(=O)O)cc([N+](=O)[O-])c2)cc1. The number of amides is 1. The van der Waals surface area contributed by atoms with Gasteiger partial charge in [-0.1, -0.05) is 19.1 Å². The van der Waals surface area contributed by atoms with Crippen LogP contribution < -0.4 is 4.74 Å². The molecule has 1 unspecified atom stereocenters. The fraction of sp³-hybridized carbons (Fsp3) is 0.300. The Morgan fingerprint density at radius 1 is 1.18 bits per heavy atom. The number of hydrogen-bond acceptors (Lipinski definition) is 5. The third-order valence-electron chi connectivity index (χ3n) is 4.30. The Hall–Kier alpha value is -3.42. The fourth-order valence-corrected chi connectivity index (χ4v) is 2.96. The maximum Gasteiger partial charge on any atom is 0.335 e. The number of carboxylic acids is 1. The lowest BCUT2D eigenvalue weighted by molar-refractivity contribution is -0.384. The monoisotopic (exact) mass is 386 g/mol. The summed E-state index contributed by atoms with van der Waals surface area (Å²) in [5.74, 6) is -0.898. The van der Waals surface area contributed by atoms with Gasteiger partial charge in [0.15, 0.2) is 0 Å². The molecule has 1 amide bonds. The Labute approximate surface area is 162 Å². The first kappa shape index (κ1) is 20.9. The highest BCUT2D eigenvalue weighted by Crippen LogP contribution is 2.20. The second-order valence-corrected chi connectivity index (χ2v) is 6.67. The van der Waals surface area contributed by atoms with Gasteiger partial charge in [0.2, 0.25) is 0 Å². The van der Waals surface area contributed by atoms with Gasteiger partial charge in [0.25, 0.3) is 11.6 Å². The van der Waals surface area contributed by atoms with E-state index in [9.17, 15) is 19.7 Å². The summed E-state index contributed by atoms with van der Waals surface area (Å²) < 4.78 is 5.13. The molecule has 0 aliphatic carbocycles. The average molecular weight is 386 g/mol.